The predicted octanol–water partition coefficient (Wildman–Crippen LogP) is 0.979. The first-order valence-electron chi connectivity index (χ1n) is 4.18. The van der Waals surface area contributed by atoms with Gasteiger partial charge in [0.25, 0.3) is 0 Å². The first-order chi connectivity index (χ1) is 5.20. The van der Waals surface area contributed by atoms with Crippen molar-refractivity contribution in [3.63, 3.8) is 0 Å². The van der Waals surface area contributed by atoms with E-state index in [4.69, 9.17) is 10.8 Å². The van der Waals surface area contributed by atoms with Crippen LogP contribution >= 0.6 is 0 Å². The van der Waals surface area contributed by atoms with Gasteiger partial charge >= 0.3 is 5.97 Å². The van der Waals surface area contributed by atoms with E-state index in [1.807, 2.05) is 0 Å². The van der Waals surface area contributed by atoms with Crippen molar-refractivity contribution < 1.29 is 9.90 Å². The Labute approximate surface area is 66.6 Å². The van der Waals surface area contributed by atoms with E-state index in [1.165, 1.54) is 25.7 Å². The molecule has 0 amide bonds. The van der Waals surface area contributed by atoms with Gasteiger partial charge in [0.1, 0.15) is 6.04 Å². The van der Waals surface area contributed by atoms with Crippen molar-refractivity contribution in [3.8, 4) is 0 Å². The Balaban J connectivity index is 2.23. The number of rotatable bonds is 3. The van der Waals surface area contributed by atoms with Gasteiger partial charge in [-0.1, -0.05) is 25.7 Å². The molecule has 0 aromatic carbocycles. The molecule has 1 rings (SSSR count). The Morgan fingerprint density at radius 2 is 2.09 bits per heavy atom. The van der Waals surface area contributed by atoms with Gasteiger partial charge in [-0.3, -0.25) is 4.79 Å². The SMILES string of the molecule is NC(CC1CCCC1)C(=O)O. The summed E-state index contributed by atoms with van der Waals surface area (Å²) in [7, 11) is 0. The summed E-state index contributed by atoms with van der Waals surface area (Å²) in [5.41, 5.74) is 5.40. The summed E-state index contributed by atoms with van der Waals surface area (Å²) in [6.45, 7) is 0. The molecule has 3 heteroatoms. The molecule has 0 bridgehead atoms. The Morgan fingerprint density at radius 3 is 2.55 bits per heavy atom. The fourth-order valence-corrected chi connectivity index (χ4v) is 1.71. The average Bonchev–Trinajstić information content (AvgIpc) is 2.39. The molecule has 1 aliphatic carbocycles. The van der Waals surface area contributed by atoms with E-state index < -0.39 is 12.0 Å². The lowest BCUT2D eigenvalue weighted by Gasteiger charge is -2.11. The summed E-state index contributed by atoms with van der Waals surface area (Å²) >= 11 is 0. The first-order valence-corrected chi connectivity index (χ1v) is 4.18. The lowest BCUT2D eigenvalue weighted by Crippen LogP contribution is -2.31. The van der Waals surface area contributed by atoms with E-state index in [9.17, 15) is 4.79 Å². The van der Waals surface area contributed by atoms with E-state index in [2.05, 4.69) is 0 Å². The molecule has 64 valence electrons. The predicted molar refractivity (Wildman–Crippen MR) is 42.2 cm³/mol. The van der Waals surface area contributed by atoms with Gasteiger partial charge in [0.15, 0.2) is 0 Å². The molecule has 0 aliphatic heterocycles. The topological polar surface area (TPSA) is 63.3 Å². The second-order valence-electron chi connectivity index (χ2n) is 3.33. The quantitative estimate of drug-likeness (QED) is 0.641. The molecule has 3 nitrogen and oxygen atoms in total. The van der Waals surface area contributed by atoms with Gasteiger partial charge in [-0.05, 0) is 12.3 Å². The van der Waals surface area contributed by atoms with Crippen LogP contribution in [0.5, 0.6) is 0 Å². The minimum atomic E-state index is -0.864. The molecule has 1 atom stereocenters. The Morgan fingerprint density at radius 1 is 1.55 bits per heavy atom. The number of carboxylic acid groups (broad SMARTS) is 1. The fraction of sp³-hybridized carbons (Fsp3) is 0.875. The summed E-state index contributed by atoms with van der Waals surface area (Å²) in [6.07, 6.45) is 5.49. The standard InChI is InChI=1S/C8H15NO2/c9-7(8(10)11)5-6-3-1-2-4-6/h6-7H,1-5,9H2,(H,10,11). The van der Waals surface area contributed by atoms with E-state index in [1.54, 1.807) is 0 Å². The van der Waals surface area contributed by atoms with Crippen LogP contribution < -0.4 is 5.73 Å². The lowest BCUT2D eigenvalue weighted by atomic mass is 9.99. The molecule has 0 spiro atoms. The molecular formula is C8H15NO2. The monoisotopic (exact) mass is 157 g/mol. The molecule has 0 heterocycles. The number of carbonyl (C=O) groups is 1. The number of hydrogen-bond donors (Lipinski definition) is 2. The third-order valence-electron chi connectivity index (χ3n) is 2.38. The minimum absolute atomic E-state index is 0.570. The van der Waals surface area contributed by atoms with Gasteiger partial charge in [0, 0.05) is 0 Å². The summed E-state index contributed by atoms with van der Waals surface area (Å²) < 4.78 is 0. The van der Waals surface area contributed by atoms with Crippen LogP contribution in [0.2, 0.25) is 0 Å². The van der Waals surface area contributed by atoms with E-state index in [0.29, 0.717) is 12.3 Å². The van der Waals surface area contributed by atoms with Gasteiger partial charge in [0.05, 0.1) is 0 Å². The molecule has 0 aromatic rings. The molecule has 3 N–H and O–H groups in total. The summed E-state index contributed by atoms with van der Waals surface area (Å²) in [5, 5.41) is 8.52. The highest BCUT2D eigenvalue weighted by Crippen LogP contribution is 2.28. The van der Waals surface area contributed by atoms with Crippen molar-refractivity contribution in [2.45, 2.75) is 38.1 Å². The number of hydrogen-bond acceptors (Lipinski definition) is 2. The van der Waals surface area contributed by atoms with Crippen LogP contribution in [-0.4, -0.2) is 17.1 Å². The molecule has 0 aromatic heterocycles. The minimum Gasteiger partial charge on any atom is -0.480 e. The van der Waals surface area contributed by atoms with Crippen LogP contribution in [0.25, 0.3) is 0 Å². The molecule has 1 fully saturated rings. The van der Waals surface area contributed by atoms with Crippen molar-refractivity contribution in [2.24, 2.45) is 11.7 Å². The van der Waals surface area contributed by atoms with Crippen LogP contribution in [-0.2, 0) is 4.79 Å². The largest absolute Gasteiger partial charge is 0.480 e. The third kappa shape index (κ3) is 2.50. The van der Waals surface area contributed by atoms with Crippen LogP contribution in [0.4, 0.5) is 0 Å². The van der Waals surface area contributed by atoms with Crippen molar-refractivity contribution in [1.82, 2.24) is 0 Å². The summed E-state index contributed by atoms with van der Waals surface area (Å²) in [4.78, 5) is 10.4. The van der Waals surface area contributed by atoms with Crippen molar-refractivity contribution in [2.75, 3.05) is 0 Å². The van der Waals surface area contributed by atoms with Gasteiger partial charge in [-0.2, -0.15) is 0 Å². The van der Waals surface area contributed by atoms with Crippen LogP contribution in [0, 0.1) is 5.92 Å². The van der Waals surface area contributed by atoms with E-state index >= 15 is 0 Å². The molecule has 0 saturated heterocycles. The van der Waals surface area contributed by atoms with Gasteiger partial charge in [-0.25, -0.2) is 0 Å². The number of carboxylic acids is 1. The van der Waals surface area contributed by atoms with Crippen molar-refractivity contribution in [3.05, 3.63) is 0 Å². The van der Waals surface area contributed by atoms with Crippen molar-refractivity contribution >= 4 is 5.97 Å². The maximum atomic E-state index is 10.4. The highest BCUT2D eigenvalue weighted by atomic mass is 16.4. The van der Waals surface area contributed by atoms with Gasteiger partial charge in [-0.15, -0.1) is 0 Å². The molecule has 1 aliphatic rings. The Kier molecular flexibility index (Phi) is 2.88. The van der Waals surface area contributed by atoms with Gasteiger partial charge in [0.2, 0.25) is 0 Å². The Bertz CT molecular complexity index is 141. The van der Waals surface area contributed by atoms with Crippen LogP contribution in [0.3, 0.4) is 0 Å². The number of aliphatic carboxylic acids is 1. The summed E-state index contributed by atoms with van der Waals surface area (Å²) in [6, 6.07) is -0.641. The summed E-state index contributed by atoms with van der Waals surface area (Å²) in [5.74, 6) is -0.294. The normalized spacial score (nSPS) is 21.9. The zero-order chi connectivity index (χ0) is 8.27. The molecule has 1 unspecified atom stereocenters. The molecular weight excluding hydrogens is 142 g/mol. The molecule has 0 radical (unpaired) electrons. The zero-order valence-electron chi connectivity index (χ0n) is 6.62. The highest BCUT2D eigenvalue weighted by molar-refractivity contribution is 5.73. The maximum Gasteiger partial charge on any atom is 0.320 e. The third-order valence-corrected chi connectivity index (χ3v) is 2.38. The second kappa shape index (κ2) is 3.72. The average molecular weight is 157 g/mol. The molecule has 1 saturated carbocycles. The lowest BCUT2D eigenvalue weighted by molar-refractivity contribution is -0.138. The van der Waals surface area contributed by atoms with E-state index in [0.717, 1.165) is 0 Å². The van der Waals surface area contributed by atoms with Crippen molar-refractivity contribution in [1.29, 1.82) is 0 Å². The van der Waals surface area contributed by atoms with Crippen LogP contribution in [0.15, 0.2) is 0 Å². The highest BCUT2D eigenvalue weighted by Gasteiger charge is 2.21. The van der Waals surface area contributed by atoms with Crippen LogP contribution in [0.1, 0.15) is 32.1 Å². The second-order valence-corrected chi connectivity index (χ2v) is 3.33. The fourth-order valence-electron chi connectivity index (χ4n) is 1.71. The molecule has 11 heavy (non-hydrogen) atoms. The maximum absolute atomic E-state index is 10.4. The smallest absolute Gasteiger partial charge is 0.320 e. The number of nitrogens with two attached hydrogens (primary N) is 1. The van der Waals surface area contributed by atoms with E-state index in [-0.39, 0.29) is 0 Å². The zero-order valence-corrected chi connectivity index (χ0v) is 6.62. The first kappa shape index (κ1) is 8.53. The van der Waals surface area contributed by atoms with Gasteiger partial charge < -0.3 is 10.8 Å². The Hall–Kier alpha value is -0.570.